The first-order chi connectivity index (χ1) is 9.47. The van der Waals surface area contributed by atoms with Gasteiger partial charge in [-0.1, -0.05) is 12.2 Å². The van der Waals surface area contributed by atoms with Crippen molar-refractivity contribution in [2.24, 2.45) is 5.92 Å². The summed E-state index contributed by atoms with van der Waals surface area (Å²) in [5, 5.41) is 6.15. The highest BCUT2D eigenvalue weighted by atomic mass is 19.4. The summed E-state index contributed by atoms with van der Waals surface area (Å²) < 4.78 is 38.2. The van der Waals surface area contributed by atoms with Gasteiger partial charge in [-0.3, -0.25) is 9.48 Å². The second-order valence-electron chi connectivity index (χ2n) is 4.73. The number of allylic oxidation sites excluding steroid dienone is 2. The number of hydrogen-bond acceptors (Lipinski definition) is 2. The van der Waals surface area contributed by atoms with E-state index in [0.717, 1.165) is 25.3 Å². The molecule has 110 valence electrons. The van der Waals surface area contributed by atoms with Gasteiger partial charge >= 0.3 is 6.18 Å². The van der Waals surface area contributed by atoms with Gasteiger partial charge in [-0.2, -0.15) is 18.3 Å². The molecule has 7 heteroatoms. The lowest BCUT2D eigenvalue weighted by molar-refractivity contribution is -0.141. The van der Waals surface area contributed by atoms with Crippen molar-refractivity contribution in [3.8, 4) is 0 Å². The van der Waals surface area contributed by atoms with Crippen LogP contribution in [-0.2, 0) is 17.5 Å². The number of amides is 1. The van der Waals surface area contributed by atoms with Gasteiger partial charge in [0.05, 0.1) is 6.54 Å². The number of aromatic nitrogens is 2. The lowest BCUT2D eigenvalue weighted by Gasteiger charge is -2.17. The third-order valence-corrected chi connectivity index (χ3v) is 3.21. The predicted molar refractivity (Wildman–Crippen MR) is 66.7 cm³/mol. The van der Waals surface area contributed by atoms with Crippen LogP contribution < -0.4 is 5.32 Å². The molecule has 1 heterocycles. The summed E-state index contributed by atoms with van der Waals surface area (Å²) in [5.74, 6) is -0.0686. The van der Waals surface area contributed by atoms with Gasteiger partial charge in [0.1, 0.15) is 0 Å². The molecular formula is C13H16F3N3O. The van der Waals surface area contributed by atoms with Crippen molar-refractivity contribution in [2.75, 3.05) is 6.54 Å². The summed E-state index contributed by atoms with van der Waals surface area (Å²) in [4.78, 5) is 11.8. The Kier molecular flexibility index (Phi) is 4.46. The van der Waals surface area contributed by atoms with Gasteiger partial charge in [0, 0.05) is 18.7 Å². The molecule has 0 unspecified atom stereocenters. The number of rotatable bonds is 4. The number of nitrogens with zero attached hydrogens (tertiary/aromatic N) is 2. The van der Waals surface area contributed by atoms with Crippen molar-refractivity contribution in [1.82, 2.24) is 15.1 Å². The molecule has 0 radical (unpaired) electrons. The summed E-state index contributed by atoms with van der Waals surface area (Å²) in [7, 11) is 0. The molecule has 4 nitrogen and oxygen atoms in total. The van der Waals surface area contributed by atoms with Crippen molar-refractivity contribution in [3.05, 3.63) is 30.1 Å². The van der Waals surface area contributed by atoms with Gasteiger partial charge in [0.25, 0.3) is 0 Å². The zero-order chi connectivity index (χ0) is 14.6. The summed E-state index contributed by atoms with van der Waals surface area (Å²) >= 11 is 0. The third-order valence-electron chi connectivity index (χ3n) is 3.21. The molecule has 0 saturated carbocycles. The zero-order valence-corrected chi connectivity index (χ0v) is 10.9. The number of halogens is 3. The lowest BCUT2D eigenvalue weighted by atomic mass is 9.94. The van der Waals surface area contributed by atoms with E-state index in [2.05, 4.69) is 10.4 Å². The molecule has 20 heavy (non-hydrogen) atoms. The van der Waals surface area contributed by atoms with Gasteiger partial charge in [0.15, 0.2) is 5.69 Å². The molecule has 0 spiro atoms. The summed E-state index contributed by atoms with van der Waals surface area (Å²) in [6, 6.07) is 0.924. The van der Waals surface area contributed by atoms with Gasteiger partial charge in [0.2, 0.25) is 5.91 Å². The Labute approximate surface area is 114 Å². The van der Waals surface area contributed by atoms with Gasteiger partial charge < -0.3 is 5.32 Å². The Hall–Kier alpha value is -1.79. The Bertz CT molecular complexity index is 493. The molecule has 0 aromatic carbocycles. The minimum Gasteiger partial charge on any atom is -0.354 e. The topological polar surface area (TPSA) is 46.9 Å². The maximum Gasteiger partial charge on any atom is 0.435 e. The molecule has 0 aliphatic heterocycles. The zero-order valence-electron chi connectivity index (χ0n) is 10.9. The largest absolute Gasteiger partial charge is 0.435 e. The second kappa shape index (κ2) is 6.11. The van der Waals surface area contributed by atoms with Gasteiger partial charge in [-0.25, -0.2) is 0 Å². The number of nitrogens with one attached hydrogen (secondary N) is 1. The van der Waals surface area contributed by atoms with Crippen LogP contribution in [0.25, 0.3) is 0 Å². The highest BCUT2D eigenvalue weighted by Gasteiger charge is 2.33. The SMILES string of the molecule is O=C(NCCn1ccc(C(F)(F)F)n1)[C@@H]1CC=CCC1. The highest BCUT2D eigenvalue weighted by molar-refractivity contribution is 5.78. The van der Waals surface area contributed by atoms with Crippen LogP contribution in [0.4, 0.5) is 13.2 Å². The monoisotopic (exact) mass is 287 g/mol. The molecular weight excluding hydrogens is 271 g/mol. The van der Waals surface area contributed by atoms with Crippen LogP contribution in [0.15, 0.2) is 24.4 Å². The number of hydrogen-bond donors (Lipinski definition) is 1. The molecule has 0 saturated heterocycles. The van der Waals surface area contributed by atoms with Crippen LogP contribution in [0.5, 0.6) is 0 Å². The standard InChI is InChI=1S/C13H16F3N3O/c14-13(15,16)11-6-8-19(18-11)9-7-17-12(20)10-4-2-1-3-5-10/h1-2,6,8,10H,3-5,7,9H2,(H,17,20)/t10-/m1/s1. The van der Waals surface area contributed by atoms with E-state index in [0.29, 0.717) is 0 Å². The molecule has 1 atom stereocenters. The molecule has 1 N–H and O–H groups in total. The molecule has 0 bridgehead atoms. The number of alkyl halides is 3. The van der Waals surface area contributed by atoms with E-state index in [9.17, 15) is 18.0 Å². The van der Waals surface area contributed by atoms with Crippen LogP contribution in [0.1, 0.15) is 25.0 Å². The quantitative estimate of drug-likeness (QED) is 0.864. The van der Waals surface area contributed by atoms with Crippen LogP contribution in [0, 0.1) is 5.92 Å². The smallest absolute Gasteiger partial charge is 0.354 e. The maximum absolute atomic E-state index is 12.3. The van der Waals surface area contributed by atoms with Crippen molar-refractivity contribution in [2.45, 2.75) is 32.0 Å². The molecule has 1 aromatic heterocycles. The van der Waals surface area contributed by atoms with Crippen LogP contribution in [-0.4, -0.2) is 22.2 Å². The minimum atomic E-state index is -4.43. The molecule has 0 fully saturated rings. The first-order valence-corrected chi connectivity index (χ1v) is 6.50. The number of carbonyl (C=O) groups is 1. The fraction of sp³-hybridized carbons (Fsp3) is 0.538. The van der Waals surface area contributed by atoms with E-state index in [4.69, 9.17) is 0 Å². The van der Waals surface area contributed by atoms with E-state index in [1.54, 1.807) is 0 Å². The summed E-state index contributed by atoms with van der Waals surface area (Å²) in [6.45, 7) is 0.502. The summed E-state index contributed by atoms with van der Waals surface area (Å²) in [6.07, 6.45) is 3.31. The Morgan fingerprint density at radius 2 is 2.25 bits per heavy atom. The number of carbonyl (C=O) groups excluding carboxylic acids is 1. The normalized spacial score (nSPS) is 19.1. The lowest BCUT2D eigenvalue weighted by Crippen LogP contribution is -2.33. The average molecular weight is 287 g/mol. The Morgan fingerprint density at radius 1 is 1.45 bits per heavy atom. The molecule has 1 aliphatic rings. The van der Waals surface area contributed by atoms with E-state index < -0.39 is 11.9 Å². The highest BCUT2D eigenvalue weighted by Crippen LogP contribution is 2.27. The van der Waals surface area contributed by atoms with E-state index >= 15 is 0 Å². The molecule has 1 amide bonds. The van der Waals surface area contributed by atoms with Crippen molar-refractivity contribution >= 4 is 5.91 Å². The fourth-order valence-electron chi connectivity index (χ4n) is 2.11. The molecule has 1 aliphatic carbocycles. The van der Waals surface area contributed by atoms with Crippen molar-refractivity contribution < 1.29 is 18.0 Å². The second-order valence-corrected chi connectivity index (χ2v) is 4.73. The van der Waals surface area contributed by atoms with Gasteiger partial charge in [-0.15, -0.1) is 0 Å². The van der Waals surface area contributed by atoms with Crippen molar-refractivity contribution in [1.29, 1.82) is 0 Å². The van der Waals surface area contributed by atoms with E-state index in [1.807, 2.05) is 12.2 Å². The Morgan fingerprint density at radius 3 is 2.85 bits per heavy atom. The summed E-state index contributed by atoms with van der Waals surface area (Å²) in [5.41, 5.74) is -0.916. The predicted octanol–water partition coefficient (Wildman–Crippen LogP) is 2.37. The molecule has 1 aromatic rings. The van der Waals surface area contributed by atoms with Crippen LogP contribution >= 0.6 is 0 Å². The van der Waals surface area contributed by atoms with E-state index in [1.165, 1.54) is 10.9 Å². The van der Waals surface area contributed by atoms with Gasteiger partial charge in [-0.05, 0) is 25.3 Å². The van der Waals surface area contributed by atoms with Crippen LogP contribution in [0.2, 0.25) is 0 Å². The first kappa shape index (κ1) is 14.6. The molecule has 2 rings (SSSR count). The maximum atomic E-state index is 12.3. The Balaban J connectivity index is 1.77. The third kappa shape index (κ3) is 3.85. The van der Waals surface area contributed by atoms with Crippen LogP contribution in [0.3, 0.4) is 0 Å². The first-order valence-electron chi connectivity index (χ1n) is 6.50. The van der Waals surface area contributed by atoms with E-state index in [-0.39, 0.29) is 24.9 Å². The fourth-order valence-corrected chi connectivity index (χ4v) is 2.11. The van der Waals surface area contributed by atoms with Crippen molar-refractivity contribution in [3.63, 3.8) is 0 Å². The minimum absolute atomic E-state index is 0.0247. The average Bonchev–Trinajstić information content (AvgIpc) is 2.88.